The van der Waals surface area contributed by atoms with E-state index in [-0.39, 0.29) is 6.10 Å². The van der Waals surface area contributed by atoms with Crippen LogP contribution in [0.2, 0.25) is 0 Å². The molecule has 4 aromatic rings. The standard InChI is InChI=1S/C21H18N2O2/c1-14-7-3-6-10-19(14)21-23-22-20(25-21)15(2)24-18-12-11-16-8-4-5-9-17(16)13-18/h3-13,15H,1-2H3. The third kappa shape index (κ3) is 3.11. The number of hydrogen-bond acceptors (Lipinski definition) is 4. The van der Waals surface area contributed by atoms with Crippen molar-refractivity contribution in [1.82, 2.24) is 10.2 Å². The summed E-state index contributed by atoms with van der Waals surface area (Å²) in [6, 6.07) is 22.1. The third-order valence-electron chi connectivity index (χ3n) is 4.20. The fraction of sp³-hybridized carbons (Fsp3) is 0.143. The lowest BCUT2D eigenvalue weighted by atomic mass is 10.1. The highest BCUT2D eigenvalue weighted by atomic mass is 16.5. The molecule has 124 valence electrons. The summed E-state index contributed by atoms with van der Waals surface area (Å²) >= 11 is 0. The Kier molecular flexibility index (Phi) is 3.94. The van der Waals surface area contributed by atoms with Crippen molar-refractivity contribution in [2.45, 2.75) is 20.0 Å². The van der Waals surface area contributed by atoms with Gasteiger partial charge >= 0.3 is 0 Å². The minimum atomic E-state index is -0.327. The van der Waals surface area contributed by atoms with Crippen LogP contribution in [0.25, 0.3) is 22.2 Å². The highest BCUT2D eigenvalue weighted by Crippen LogP contribution is 2.27. The lowest BCUT2D eigenvalue weighted by Gasteiger charge is -2.11. The van der Waals surface area contributed by atoms with E-state index in [2.05, 4.69) is 22.3 Å². The lowest BCUT2D eigenvalue weighted by molar-refractivity contribution is 0.190. The summed E-state index contributed by atoms with van der Waals surface area (Å²) in [6.45, 7) is 3.93. The number of ether oxygens (including phenoxy) is 1. The maximum atomic E-state index is 5.99. The van der Waals surface area contributed by atoms with Crippen LogP contribution in [0.1, 0.15) is 24.5 Å². The summed E-state index contributed by atoms with van der Waals surface area (Å²) in [5, 5.41) is 10.6. The van der Waals surface area contributed by atoms with Gasteiger partial charge in [-0.15, -0.1) is 10.2 Å². The first-order valence-corrected chi connectivity index (χ1v) is 8.25. The molecule has 1 heterocycles. The van der Waals surface area contributed by atoms with Gasteiger partial charge in [-0.25, -0.2) is 0 Å². The zero-order valence-corrected chi connectivity index (χ0v) is 14.1. The molecule has 1 unspecified atom stereocenters. The Balaban J connectivity index is 1.56. The monoisotopic (exact) mass is 330 g/mol. The molecule has 0 aliphatic rings. The Morgan fingerprint density at radius 3 is 2.48 bits per heavy atom. The summed E-state index contributed by atoms with van der Waals surface area (Å²) in [4.78, 5) is 0. The second-order valence-corrected chi connectivity index (χ2v) is 6.03. The van der Waals surface area contributed by atoms with Crippen LogP contribution in [0.4, 0.5) is 0 Å². The average Bonchev–Trinajstić information content (AvgIpc) is 3.12. The third-order valence-corrected chi connectivity index (χ3v) is 4.20. The number of aryl methyl sites for hydroxylation is 1. The van der Waals surface area contributed by atoms with E-state index < -0.39 is 0 Å². The molecular formula is C21H18N2O2. The van der Waals surface area contributed by atoms with Crippen LogP contribution in [0, 0.1) is 6.92 Å². The first-order valence-electron chi connectivity index (χ1n) is 8.25. The van der Waals surface area contributed by atoms with E-state index >= 15 is 0 Å². The molecule has 0 aliphatic heterocycles. The molecule has 3 aromatic carbocycles. The summed E-state index contributed by atoms with van der Waals surface area (Å²) in [5.41, 5.74) is 2.04. The summed E-state index contributed by atoms with van der Waals surface area (Å²) < 4.78 is 11.8. The van der Waals surface area contributed by atoms with Crippen molar-refractivity contribution >= 4 is 10.8 Å². The molecule has 0 saturated carbocycles. The molecule has 0 N–H and O–H groups in total. The Morgan fingerprint density at radius 1 is 0.880 bits per heavy atom. The molecule has 0 fully saturated rings. The molecule has 0 radical (unpaired) electrons. The summed E-state index contributed by atoms with van der Waals surface area (Å²) in [6.07, 6.45) is -0.327. The highest BCUT2D eigenvalue weighted by molar-refractivity contribution is 5.83. The minimum Gasteiger partial charge on any atom is -0.481 e. The molecule has 4 nitrogen and oxygen atoms in total. The number of benzene rings is 3. The first kappa shape index (κ1) is 15.4. The van der Waals surface area contributed by atoms with Crippen molar-refractivity contribution in [3.8, 4) is 17.2 Å². The zero-order valence-electron chi connectivity index (χ0n) is 14.1. The van der Waals surface area contributed by atoms with Crippen LogP contribution in [-0.4, -0.2) is 10.2 Å². The van der Waals surface area contributed by atoms with Crippen LogP contribution in [0.3, 0.4) is 0 Å². The van der Waals surface area contributed by atoms with Gasteiger partial charge in [0.1, 0.15) is 5.75 Å². The van der Waals surface area contributed by atoms with Gasteiger partial charge in [0.2, 0.25) is 5.89 Å². The van der Waals surface area contributed by atoms with E-state index in [1.54, 1.807) is 0 Å². The van der Waals surface area contributed by atoms with Crippen molar-refractivity contribution in [1.29, 1.82) is 0 Å². The Morgan fingerprint density at radius 2 is 1.64 bits per heavy atom. The predicted molar refractivity (Wildman–Crippen MR) is 97.5 cm³/mol. The molecule has 0 amide bonds. The van der Waals surface area contributed by atoms with Gasteiger partial charge in [-0.05, 0) is 48.4 Å². The van der Waals surface area contributed by atoms with Crippen LogP contribution >= 0.6 is 0 Å². The maximum absolute atomic E-state index is 5.99. The van der Waals surface area contributed by atoms with Gasteiger partial charge in [0.15, 0.2) is 6.10 Å². The SMILES string of the molecule is Cc1ccccc1-c1nnc(C(C)Oc2ccc3ccccc3c2)o1. The fourth-order valence-electron chi connectivity index (χ4n) is 2.82. The van der Waals surface area contributed by atoms with Crippen LogP contribution < -0.4 is 4.74 Å². The van der Waals surface area contributed by atoms with E-state index in [1.165, 1.54) is 5.39 Å². The minimum absolute atomic E-state index is 0.327. The van der Waals surface area contributed by atoms with E-state index in [1.807, 2.05) is 68.4 Å². The molecule has 1 aromatic heterocycles. The molecule has 0 bridgehead atoms. The second-order valence-electron chi connectivity index (χ2n) is 6.03. The zero-order chi connectivity index (χ0) is 17.2. The fourth-order valence-corrected chi connectivity index (χ4v) is 2.82. The molecule has 0 saturated heterocycles. The largest absolute Gasteiger partial charge is 0.481 e. The molecule has 1 atom stereocenters. The summed E-state index contributed by atoms with van der Waals surface area (Å²) in [5.74, 6) is 1.76. The van der Waals surface area contributed by atoms with Crippen LogP contribution in [-0.2, 0) is 0 Å². The molecule has 25 heavy (non-hydrogen) atoms. The first-order chi connectivity index (χ1) is 12.2. The Bertz CT molecular complexity index is 1020. The van der Waals surface area contributed by atoms with Crippen molar-refractivity contribution in [2.75, 3.05) is 0 Å². The van der Waals surface area contributed by atoms with E-state index in [9.17, 15) is 0 Å². The number of fused-ring (bicyclic) bond motifs is 1. The molecule has 4 heteroatoms. The highest BCUT2D eigenvalue weighted by Gasteiger charge is 2.17. The quantitative estimate of drug-likeness (QED) is 0.507. The normalized spacial score (nSPS) is 12.2. The van der Waals surface area contributed by atoms with E-state index in [0.717, 1.165) is 22.3 Å². The number of nitrogens with zero attached hydrogens (tertiary/aromatic N) is 2. The summed E-state index contributed by atoms with van der Waals surface area (Å²) in [7, 11) is 0. The average molecular weight is 330 g/mol. The van der Waals surface area contributed by atoms with E-state index in [4.69, 9.17) is 9.15 Å². The second kappa shape index (κ2) is 6.40. The molecule has 0 aliphatic carbocycles. The van der Waals surface area contributed by atoms with Crippen LogP contribution in [0.5, 0.6) is 5.75 Å². The Labute approximate surface area is 146 Å². The smallest absolute Gasteiger partial charge is 0.257 e. The lowest BCUT2D eigenvalue weighted by Crippen LogP contribution is -2.03. The number of hydrogen-bond donors (Lipinski definition) is 0. The van der Waals surface area contributed by atoms with Gasteiger partial charge in [0, 0.05) is 5.56 Å². The topological polar surface area (TPSA) is 48.2 Å². The van der Waals surface area contributed by atoms with Gasteiger partial charge in [0.05, 0.1) is 0 Å². The molecule has 0 spiro atoms. The number of rotatable bonds is 4. The Hall–Kier alpha value is -3.14. The van der Waals surface area contributed by atoms with Crippen molar-refractivity contribution in [3.05, 3.63) is 78.2 Å². The van der Waals surface area contributed by atoms with Gasteiger partial charge in [0.25, 0.3) is 5.89 Å². The maximum Gasteiger partial charge on any atom is 0.257 e. The molecular weight excluding hydrogens is 312 g/mol. The van der Waals surface area contributed by atoms with Gasteiger partial charge in [-0.1, -0.05) is 48.5 Å². The van der Waals surface area contributed by atoms with Crippen molar-refractivity contribution in [3.63, 3.8) is 0 Å². The van der Waals surface area contributed by atoms with Gasteiger partial charge in [-0.3, -0.25) is 0 Å². The van der Waals surface area contributed by atoms with Gasteiger partial charge in [-0.2, -0.15) is 0 Å². The van der Waals surface area contributed by atoms with Gasteiger partial charge < -0.3 is 9.15 Å². The van der Waals surface area contributed by atoms with Crippen molar-refractivity contribution < 1.29 is 9.15 Å². The number of aromatic nitrogens is 2. The van der Waals surface area contributed by atoms with Crippen molar-refractivity contribution in [2.24, 2.45) is 0 Å². The van der Waals surface area contributed by atoms with Crippen LogP contribution in [0.15, 0.2) is 71.1 Å². The molecule has 4 rings (SSSR count). The van der Waals surface area contributed by atoms with E-state index in [0.29, 0.717) is 11.8 Å². The predicted octanol–water partition coefficient (Wildman–Crippen LogP) is 5.34.